The second-order valence-electron chi connectivity index (χ2n) is 4.32. The van der Waals surface area contributed by atoms with Gasteiger partial charge in [0.25, 0.3) is 5.91 Å². The van der Waals surface area contributed by atoms with Crippen molar-refractivity contribution in [2.75, 3.05) is 26.2 Å². The van der Waals surface area contributed by atoms with Crippen molar-refractivity contribution in [3.8, 4) is 11.8 Å². The van der Waals surface area contributed by atoms with Crippen molar-refractivity contribution >= 4 is 17.7 Å². The molecule has 0 bridgehead atoms. The van der Waals surface area contributed by atoms with Crippen LogP contribution < -0.4 is 16.8 Å². The van der Waals surface area contributed by atoms with Crippen LogP contribution in [0.3, 0.4) is 0 Å². The van der Waals surface area contributed by atoms with E-state index in [1.54, 1.807) is 30.3 Å². The van der Waals surface area contributed by atoms with Gasteiger partial charge >= 0.3 is 0 Å². The van der Waals surface area contributed by atoms with Gasteiger partial charge in [0.15, 0.2) is 0 Å². The molecule has 5 N–H and O–H groups in total. The van der Waals surface area contributed by atoms with Crippen molar-refractivity contribution in [2.24, 2.45) is 11.5 Å². The Balaban J connectivity index is 2.58. The molecule has 7 nitrogen and oxygen atoms in total. The summed E-state index contributed by atoms with van der Waals surface area (Å²) >= 11 is 0. The highest BCUT2D eigenvalue weighted by Gasteiger charge is 2.16. The Labute approximate surface area is 128 Å². The maximum atomic E-state index is 12.0. The zero-order valence-corrected chi connectivity index (χ0v) is 12.0. The molecule has 0 unspecified atom stereocenters. The smallest absolute Gasteiger partial charge is 0.251 e. The second-order valence-corrected chi connectivity index (χ2v) is 4.32. The summed E-state index contributed by atoms with van der Waals surface area (Å²) < 4.78 is 0. The number of hydrogen-bond donors (Lipinski definition) is 3. The van der Waals surface area contributed by atoms with Crippen LogP contribution in [-0.2, 0) is 9.59 Å². The molecular weight excluding hydrogens is 284 g/mol. The Kier molecular flexibility index (Phi) is 7.16. The third kappa shape index (κ3) is 6.07. The van der Waals surface area contributed by atoms with Crippen molar-refractivity contribution in [1.29, 1.82) is 0 Å². The van der Waals surface area contributed by atoms with E-state index in [1.165, 1.54) is 0 Å². The molecule has 0 aliphatic heterocycles. The quantitative estimate of drug-likeness (QED) is 0.565. The van der Waals surface area contributed by atoms with Gasteiger partial charge in [0.2, 0.25) is 11.8 Å². The molecule has 0 fully saturated rings. The maximum Gasteiger partial charge on any atom is 0.251 e. The summed E-state index contributed by atoms with van der Waals surface area (Å²) in [6.07, 6.45) is 0. The van der Waals surface area contributed by atoms with Crippen LogP contribution >= 0.6 is 0 Å². The first-order valence-electron chi connectivity index (χ1n) is 6.59. The molecule has 1 aromatic carbocycles. The minimum Gasteiger partial charge on any atom is -0.368 e. The normalized spacial score (nSPS) is 9.32. The van der Waals surface area contributed by atoms with Crippen LogP contribution in [0.1, 0.15) is 10.4 Å². The van der Waals surface area contributed by atoms with E-state index in [9.17, 15) is 14.4 Å². The van der Waals surface area contributed by atoms with Gasteiger partial charge in [-0.15, -0.1) is 0 Å². The summed E-state index contributed by atoms with van der Waals surface area (Å²) in [4.78, 5) is 36.0. The van der Waals surface area contributed by atoms with E-state index in [0.29, 0.717) is 5.56 Å². The minimum absolute atomic E-state index is 0.0280. The number of nitrogens with zero attached hydrogens (tertiary/aromatic N) is 1. The molecule has 0 radical (unpaired) electrons. The SMILES string of the molecule is NCC#CCN(CC(N)=O)C(=O)CNC(=O)c1ccccc1. The van der Waals surface area contributed by atoms with E-state index in [-0.39, 0.29) is 32.1 Å². The van der Waals surface area contributed by atoms with Crippen molar-refractivity contribution < 1.29 is 14.4 Å². The van der Waals surface area contributed by atoms with Gasteiger partial charge in [0.1, 0.15) is 6.54 Å². The summed E-state index contributed by atoms with van der Waals surface area (Å²) in [5.41, 5.74) is 10.8. The predicted molar refractivity (Wildman–Crippen MR) is 81.4 cm³/mol. The monoisotopic (exact) mass is 302 g/mol. The number of amides is 3. The fourth-order valence-corrected chi connectivity index (χ4v) is 1.60. The lowest BCUT2D eigenvalue weighted by atomic mass is 10.2. The van der Waals surface area contributed by atoms with Crippen LogP contribution in [0.2, 0.25) is 0 Å². The summed E-state index contributed by atoms with van der Waals surface area (Å²) in [7, 11) is 0. The van der Waals surface area contributed by atoms with E-state index < -0.39 is 11.8 Å². The predicted octanol–water partition coefficient (Wildman–Crippen LogP) is -1.31. The average Bonchev–Trinajstić information content (AvgIpc) is 2.52. The molecule has 1 aromatic rings. The molecule has 0 aliphatic carbocycles. The standard InChI is InChI=1S/C15H18N4O3/c16-8-4-5-9-19(11-13(17)20)14(21)10-18-15(22)12-6-2-1-3-7-12/h1-3,6-7H,8-11,16H2,(H2,17,20)(H,18,22). The van der Waals surface area contributed by atoms with Crippen LogP contribution in [0.15, 0.2) is 30.3 Å². The molecule has 3 amide bonds. The van der Waals surface area contributed by atoms with E-state index in [4.69, 9.17) is 11.5 Å². The van der Waals surface area contributed by atoms with Crippen LogP contribution in [0.25, 0.3) is 0 Å². The van der Waals surface area contributed by atoms with Crippen LogP contribution in [0, 0.1) is 11.8 Å². The first kappa shape index (κ1) is 17.2. The van der Waals surface area contributed by atoms with E-state index in [0.717, 1.165) is 4.90 Å². The third-order valence-corrected chi connectivity index (χ3v) is 2.63. The number of benzene rings is 1. The van der Waals surface area contributed by atoms with Gasteiger partial charge in [-0.2, -0.15) is 0 Å². The molecule has 0 aromatic heterocycles. The molecule has 0 saturated heterocycles. The molecular formula is C15H18N4O3. The number of nitrogens with two attached hydrogens (primary N) is 2. The van der Waals surface area contributed by atoms with Crippen molar-refractivity contribution in [3.05, 3.63) is 35.9 Å². The summed E-state index contributed by atoms with van der Waals surface area (Å²) in [5.74, 6) is 3.76. The molecule has 0 saturated carbocycles. The first-order valence-corrected chi connectivity index (χ1v) is 6.59. The third-order valence-electron chi connectivity index (χ3n) is 2.63. The Bertz CT molecular complexity index is 590. The fourth-order valence-electron chi connectivity index (χ4n) is 1.60. The number of rotatable bonds is 6. The second kappa shape index (κ2) is 9.15. The van der Waals surface area contributed by atoms with Gasteiger partial charge in [-0.1, -0.05) is 30.0 Å². The molecule has 0 spiro atoms. The first-order chi connectivity index (χ1) is 10.5. The fraction of sp³-hybridized carbons (Fsp3) is 0.267. The number of carbonyl (C=O) groups is 3. The number of primary amides is 1. The summed E-state index contributed by atoms with van der Waals surface area (Å²) in [5, 5.41) is 2.49. The Hall–Kier alpha value is -2.85. The molecule has 0 heterocycles. The Morgan fingerprint density at radius 3 is 2.41 bits per heavy atom. The lowest BCUT2D eigenvalue weighted by Gasteiger charge is -2.18. The van der Waals surface area contributed by atoms with Gasteiger partial charge in [-0.25, -0.2) is 0 Å². The van der Waals surface area contributed by atoms with Crippen molar-refractivity contribution in [2.45, 2.75) is 0 Å². The highest BCUT2D eigenvalue weighted by Crippen LogP contribution is 1.97. The molecule has 0 atom stereocenters. The van der Waals surface area contributed by atoms with Gasteiger partial charge < -0.3 is 21.7 Å². The summed E-state index contributed by atoms with van der Waals surface area (Å²) in [6, 6.07) is 8.49. The highest BCUT2D eigenvalue weighted by atomic mass is 16.2. The minimum atomic E-state index is -0.655. The molecule has 7 heteroatoms. The van der Waals surface area contributed by atoms with Gasteiger partial charge in [-0.3, -0.25) is 14.4 Å². The van der Waals surface area contributed by atoms with Gasteiger partial charge in [-0.05, 0) is 12.1 Å². The van der Waals surface area contributed by atoms with Crippen LogP contribution in [-0.4, -0.2) is 48.8 Å². The van der Waals surface area contributed by atoms with E-state index >= 15 is 0 Å². The van der Waals surface area contributed by atoms with Crippen molar-refractivity contribution in [3.63, 3.8) is 0 Å². The molecule has 22 heavy (non-hydrogen) atoms. The average molecular weight is 302 g/mol. The zero-order chi connectivity index (χ0) is 16.4. The lowest BCUT2D eigenvalue weighted by Crippen LogP contribution is -2.44. The molecule has 1 rings (SSSR count). The number of hydrogen-bond acceptors (Lipinski definition) is 4. The topological polar surface area (TPSA) is 119 Å². The largest absolute Gasteiger partial charge is 0.368 e. The number of carbonyl (C=O) groups excluding carboxylic acids is 3. The van der Waals surface area contributed by atoms with Crippen LogP contribution in [0.5, 0.6) is 0 Å². The van der Waals surface area contributed by atoms with Crippen molar-refractivity contribution in [1.82, 2.24) is 10.2 Å². The van der Waals surface area contributed by atoms with Crippen LogP contribution in [0.4, 0.5) is 0 Å². The highest BCUT2D eigenvalue weighted by molar-refractivity contribution is 5.96. The molecule has 116 valence electrons. The van der Waals surface area contributed by atoms with Gasteiger partial charge in [0.05, 0.1) is 19.6 Å². The molecule has 0 aliphatic rings. The zero-order valence-electron chi connectivity index (χ0n) is 12.0. The van der Waals surface area contributed by atoms with Gasteiger partial charge in [0, 0.05) is 5.56 Å². The van der Waals surface area contributed by atoms with E-state index in [1.807, 2.05) is 0 Å². The number of nitrogens with one attached hydrogen (secondary N) is 1. The lowest BCUT2D eigenvalue weighted by molar-refractivity contribution is -0.133. The Morgan fingerprint density at radius 2 is 1.82 bits per heavy atom. The summed E-state index contributed by atoms with van der Waals surface area (Å²) in [6.45, 7) is -0.325. The Morgan fingerprint density at radius 1 is 1.14 bits per heavy atom. The van der Waals surface area contributed by atoms with E-state index in [2.05, 4.69) is 17.2 Å². The maximum absolute atomic E-state index is 12.0.